The van der Waals surface area contributed by atoms with Gasteiger partial charge < -0.3 is 14.7 Å². The summed E-state index contributed by atoms with van der Waals surface area (Å²) >= 11 is 1.58. The molecule has 1 fully saturated rings. The quantitative estimate of drug-likeness (QED) is 0.319. The number of hydrogen-bond donors (Lipinski definition) is 1. The highest BCUT2D eigenvalue weighted by molar-refractivity contribution is 7.98. The van der Waals surface area contributed by atoms with Crippen LogP contribution in [-0.2, 0) is 14.3 Å². The number of nitrogens with zero attached hydrogens (tertiary/aromatic N) is 1. The van der Waals surface area contributed by atoms with Gasteiger partial charge in [-0.2, -0.15) is 0 Å². The number of methoxy groups -OCH3 is 1. The Labute approximate surface area is 221 Å². The van der Waals surface area contributed by atoms with Crippen molar-refractivity contribution in [1.29, 1.82) is 0 Å². The Morgan fingerprint density at radius 2 is 1.57 bits per heavy atom. The van der Waals surface area contributed by atoms with E-state index < -0.39 is 35.3 Å². The van der Waals surface area contributed by atoms with Gasteiger partial charge in [-0.25, -0.2) is 4.79 Å². The summed E-state index contributed by atoms with van der Waals surface area (Å²) < 4.78 is 5.17. The third-order valence-corrected chi connectivity index (χ3v) is 8.05. The molecule has 4 atom stereocenters. The zero-order chi connectivity index (χ0) is 26.7. The highest BCUT2D eigenvalue weighted by Crippen LogP contribution is 2.56. The molecule has 7 heteroatoms. The number of amides is 1. The number of carboxylic acids is 1. The Morgan fingerprint density at radius 3 is 2.11 bits per heavy atom. The molecular formula is C30H31NO5S. The van der Waals surface area contributed by atoms with Gasteiger partial charge in [0.25, 0.3) is 0 Å². The lowest BCUT2D eigenvalue weighted by Crippen LogP contribution is -2.55. The first-order chi connectivity index (χ1) is 17.7. The Balaban J connectivity index is 2.01. The van der Waals surface area contributed by atoms with Crippen molar-refractivity contribution in [3.05, 3.63) is 101 Å². The second-order valence-corrected chi connectivity index (χ2v) is 10.4. The molecule has 1 N–H and O–H groups in total. The van der Waals surface area contributed by atoms with E-state index in [1.807, 2.05) is 79.9 Å². The summed E-state index contributed by atoms with van der Waals surface area (Å²) in [5.74, 6) is -3.49. The molecule has 0 spiro atoms. The van der Waals surface area contributed by atoms with Crippen molar-refractivity contribution in [1.82, 2.24) is 4.90 Å². The normalized spacial score (nSPS) is 23.1. The van der Waals surface area contributed by atoms with Crippen molar-refractivity contribution >= 4 is 29.4 Å². The number of hydrogen-bond acceptors (Lipinski definition) is 5. The van der Waals surface area contributed by atoms with Crippen molar-refractivity contribution in [3.8, 4) is 0 Å². The molecule has 1 saturated heterocycles. The summed E-state index contributed by atoms with van der Waals surface area (Å²) in [6, 6.07) is 23.3. The summed E-state index contributed by atoms with van der Waals surface area (Å²) in [5, 5.41) is 10.7. The lowest BCUT2D eigenvalue weighted by Gasteiger charge is -2.37. The standard InChI is InChI=1S/C30H31NO5S/c1-19-10-12-21(13-11-19)27-25(28(33)22-14-16-23(37-4)17-15-22)26(20-8-6-5-7-9-20)30(2,29(34)35)31(27)24(32)18-36-3/h5-17,25-27H,18H2,1-4H3,(H,34,35). The van der Waals surface area contributed by atoms with Gasteiger partial charge in [-0.1, -0.05) is 72.3 Å². The predicted molar refractivity (Wildman–Crippen MR) is 144 cm³/mol. The lowest BCUT2D eigenvalue weighted by atomic mass is 9.71. The van der Waals surface area contributed by atoms with Crippen molar-refractivity contribution in [2.75, 3.05) is 20.0 Å². The Bertz CT molecular complexity index is 1280. The molecule has 6 nitrogen and oxygen atoms in total. The van der Waals surface area contributed by atoms with Gasteiger partial charge >= 0.3 is 5.97 Å². The molecule has 4 unspecified atom stereocenters. The van der Waals surface area contributed by atoms with Crippen LogP contribution in [0.15, 0.2) is 83.8 Å². The van der Waals surface area contributed by atoms with Crippen LogP contribution in [0.25, 0.3) is 0 Å². The molecule has 0 saturated carbocycles. The SMILES string of the molecule is COCC(=O)N1C(c2ccc(C)cc2)C(C(=O)c2ccc(SC)cc2)C(c2ccccc2)C1(C)C(=O)O. The molecule has 192 valence electrons. The van der Waals surface area contributed by atoms with Crippen LogP contribution in [-0.4, -0.2) is 53.2 Å². The molecule has 1 heterocycles. The second-order valence-electron chi connectivity index (χ2n) is 9.51. The Hall–Kier alpha value is -3.42. The predicted octanol–water partition coefficient (Wildman–Crippen LogP) is 5.37. The minimum Gasteiger partial charge on any atom is -0.479 e. The lowest BCUT2D eigenvalue weighted by molar-refractivity contribution is -0.159. The van der Waals surface area contributed by atoms with Crippen LogP contribution in [0.5, 0.6) is 0 Å². The summed E-state index contributed by atoms with van der Waals surface area (Å²) in [6.07, 6.45) is 1.96. The van der Waals surface area contributed by atoms with E-state index in [0.717, 1.165) is 10.5 Å². The van der Waals surface area contributed by atoms with Gasteiger partial charge in [0.05, 0.1) is 12.0 Å². The van der Waals surface area contributed by atoms with E-state index in [4.69, 9.17) is 4.74 Å². The molecule has 0 bridgehead atoms. The number of carbonyl (C=O) groups is 3. The molecule has 1 amide bonds. The molecule has 0 aliphatic carbocycles. The van der Waals surface area contributed by atoms with Gasteiger partial charge in [0.15, 0.2) is 5.78 Å². The van der Waals surface area contributed by atoms with E-state index in [-0.39, 0.29) is 12.4 Å². The van der Waals surface area contributed by atoms with E-state index in [9.17, 15) is 19.5 Å². The Kier molecular flexibility index (Phi) is 7.85. The average Bonchev–Trinajstić information content (AvgIpc) is 3.19. The van der Waals surface area contributed by atoms with Crippen LogP contribution in [0.3, 0.4) is 0 Å². The smallest absolute Gasteiger partial charge is 0.330 e. The fourth-order valence-electron chi connectivity index (χ4n) is 5.53. The van der Waals surface area contributed by atoms with Crippen LogP contribution in [0.2, 0.25) is 0 Å². The first kappa shape index (κ1) is 26.6. The van der Waals surface area contributed by atoms with Gasteiger partial charge in [0.1, 0.15) is 12.1 Å². The third-order valence-electron chi connectivity index (χ3n) is 7.31. The van der Waals surface area contributed by atoms with E-state index >= 15 is 0 Å². The largest absolute Gasteiger partial charge is 0.479 e. The van der Waals surface area contributed by atoms with Gasteiger partial charge in [-0.3, -0.25) is 9.59 Å². The van der Waals surface area contributed by atoms with E-state index in [2.05, 4.69) is 0 Å². The van der Waals surface area contributed by atoms with Crippen molar-refractivity contribution in [2.45, 2.75) is 36.2 Å². The first-order valence-corrected chi connectivity index (χ1v) is 13.3. The van der Waals surface area contributed by atoms with Crippen LogP contribution < -0.4 is 0 Å². The average molecular weight is 518 g/mol. The number of Topliss-reactive ketones (excluding diaryl/α,β-unsaturated/α-hetero) is 1. The van der Waals surface area contributed by atoms with Crippen LogP contribution in [0.1, 0.15) is 45.9 Å². The number of aryl methyl sites for hydroxylation is 1. The minimum atomic E-state index is -1.70. The van der Waals surface area contributed by atoms with E-state index in [0.29, 0.717) is 16.7 Å². The maximum atomic E-state index is 14.3. The van der Waals surface area contributed by atoms with Crippen molar-refractivity contribution in [2.24, 2.45) is 5.92 Å². The number of ketones is 1. The summed E-state index contributed by atoms with van der Waals surface area (Å²) in [4.78, 5) is 43.4. The number of rotatable bonds is 8. The zero-order valence-corrected chi connectivity index (χ0v) is 22.2. The number of carbonyl (C=O) groups excluding carboxylic acids is 2. The molecule has 3 aromatic carbocycles. The summed E-state index contributed by atoms with van der Waals surface area (Å²) in [7, 11) is 1.40. The minimum absolute atomic E-state index is 0.202. The highest BCUT2D eigenvalue weighted by Gasteiger charge is 2.64. The van der Waals surface area contributed by atoms with Crippen molar-refractivity contribution in [3.63, 3.8) is 0 Å². The maximum absolute atomic E-state index is 14.3. The third kappa shape index (κ3) is 4.81. The number of ether oxygens (including phenoxy) is 1. The number of benzene rings is 3. The molecule has 0 radical (unpaired) electrons. The number of carboxylic acid groups (broad SMARTS) is 1. The van der Waals surface area contributed by atoms with Gasteiger partial charge in [-0.15, -0.1) is 11.8 Å². The summed E-state index contributed by atoms with van der Waals surface area (Å²) in [6.45, 7) is 3.21. The number of aliphatic carboxylic acids is 1. The van der Waals surface area contributed by atoms with E-state index in [1.165, 1.54) is 12.0 Å². The Morgan fingerprint density at radius 1 is 0.946 bits per heavy atom. The second kappa shape index (κ2) is 10.9. The first-order valence-electron chi connectivity index (χ1n) is 12.1. The number of likely N-dealkylation sites (tertiary alicyclic amines) is 1. The van der Waals surface area contributed by atoms with Gasteiger partial charge in [0, 0.05) is 23.5 Å². The van der Waals surface area contributed by atoms with Gasteiger partial charge in [0.2, 0.25) is 5.91 Å². The molecule has 0 aromatic heterocycles. The van der Waals surface area contributed by atoms with Crippen LogP contribution in [0.4, 0.5) is 0 Å². The fourth-order valence-corrected chi connectivity index (χ4v) is 5.94. The topological polar surface area (TPSA) is 83.9 Å². The number of thioether (sulfide) groups is 1. The van der Waals surface area contributed by atoms with Crippen LogP contribution >= 0.6 is 11.8 Å². The molecule has 3 aromatic rings. The van der Waals surface area contributed by atoms with Gasteiger partial charge in [-0.05, 0) is 43.4 Å². The monoisotopic (exact) mass is 517 g/mol. The zero-order valence-electron chi connectivity index (χ0n) is 21.4. The molecule has 4 rings (SSSR count). The molecule has 1 aliphatic heterocycles. The highest BCUT2D eigenvalue weighted by atomic mass is 32.2. The van der Waals surface area contributed by atoms with Crippen molar-refractivity contribution < 1.29 is 24.2 Å². The molecule has 1 aliphatic rings. The summed E-state index contributed by atoms with van der Waals surface area (Å²) in [5.41, 5.74) is 1.20. The van der Waals surface area contributed by atoms with Crippen LogP contribution in [0, 0.1) is 12.8 Å². The molecular weight excluding hydrogens is 486 g/mol. The van der Waals surface area contributed by atoms with E-state index in [1.54, 1.807) is 30.8 Å². The fraction of sp³-hybridized carbons (Fsp3) is 0.300. The maximum Gasteiger partial charge on any atom is 0.330 e. The molecule has 37 heavy (non-hydrogen) atoms.